The molecule has 3 amide bonds. The molecule has 0 radical (unpaired) electrons. The Balaban J connectivity index is 1.92. The molecule has 1 N–H and O–H groups in total. The number of aliphatic hydroxyl groups is 1. The molecule has 0 aliphatic carbocycles. The van der Waals surface area contributed by atoms with Gasteiger partial charge in [-0.05, 0) is 56.6 Å². The Kier molecular flexibility index (Phi) is 9.84. The highest BCUT2D eigenvalue weighted by Crippen LogP contribution is 2.66. The highest BCUT2D eigenvalue weighted by atomic mass is 35.5. The molecule has 2 bridgehead atoms. The van der Waals surface area contributed by atoms with Crippen LogP contribution in [0, 0.1) is 30.6 Å². The number of ether oxygens (including phenoxy) is 1. The highest BCUT2D eigenvalue weighted by Gasteiger charge is 2.80. The number of fused-ring (bicyclic) bond motifs is 1. The predicted molar refractivity (Wildman–Crippen MR) is 170 cm³/mol. The van der Waals surface area contributed by atoms with Gasteiger partial charge in [0.15, 0.2) is 0 Å². The van der Waals surface area contributed by atoms with Crippen molar-refractivity contribution in [1.29, 1.82) is 0 Å². The maximum atomic E-state index is 15.0. The van der Waals surface area contributed by atoms with Gasteiger partial charge >= 0.3 is 0 Å². The van der Waals surface area contributed by atoms with Gasteiger partial charge in [-0.15, -0.1) is 13.2 Å². The van der Waals surface area contributed by atoms with Crippen molar-refractivity contribution in [2.75, 3.05) is 31.1 Å². The van der Waals surface area contributed by atoms with E-state index >= 15 is 4.79 Å². The van der Waals surface area contributed by atoms with E-state index < -0.39 is 35.1 Å². The monoisotopic (exact) mass is 613 g/mol. The fourth-order valence-electron chi connectivity index (χ4n) is 7.99. The quantitative estimate of drug-likeness (QED) is 0.316. The first kappa shape index (κ1) is 33.2. The van der Waals surface area contributed by atoms with Crippen molar-refractivity contribution in [1.82, 2.24) is 9.80 Å². The maximum Gasteiger partial charge on any atom is 0.253 e. The molecular weight excluding hydrogens is 566 g/mol. The molecule has 1 spiro atoms. The number of carbonyl (C=O) groups is 3. The molecule has 3 aliphatic heterocycles. The SMILES string of the molecule is C=CCN(CCC)C(=O)[C@H]1[C@H]2C(=O)N([C@@H](CO)CC(C)C)C(C(=O)N(CC=C)c3c(C)cccc3Cl)C23CC(C)[C@]1(C)O3. The van der Waals surface area contributed by atoms with Crippen LogP contribution in [-0.2, 0) is 19.1 Å². The molecule has 3 heterocycles. The van der Waals surface area contributed by atoms with Gasteiger partial charge in [-0.25, -0.2) is 0 Å². The first-order valence-electron chi connectivity index (χ1n) is 15.5. The van der Waals surface area contributed by atoms with Crippen molar-refractivity contribution in [3.63, 3.8) is 0 Å². The lowest BCUT2D eigenvalue weighted by Gasteiger charge is -2.40. The molecule has 8 nitrogen and oxygen atoms in total. The van der Waals surface area contributed by atoms with E-state index in [1.807, 2.05) is 53.7 Å². The van der Waals surface area contributed by atoms with Gasteiger partial charge < -0.3 is 24.5 Å². The minimum atomic E-state index is -1.24. The third-order valence-corrected chi connectivity index (χ3v) is 10.1. The first-order chi connectivity index (χ1) is 20.3. The number of likely N-dealkylation sites (tertiary alicyclic amines) is 1. The fraction of sp³-hybridized carbons (Fsp3) is 0.618. The Labute approximate surface area is 261 Å². The Morgan fingerprint density at radius 2 is 1.91 bits per heavy atom. The number of halogens is 1. The van der Waals surface area contributed by atoms with Crippen molar-refractivity contribution >= 4 is 35.0 Å². The van der Waals surface area contributed by atoms with Gasteiger partial charge in [-0.2, -0.15) is 0 Å². The predicted octanol–water partition coefficient (Wildman–Crippen LogP) is 5.01. The Hall–Kier alpha value is -2.68. The van der Waals surface area contributed by atoms with Crippen LogP contribution < -0.4 is 4.90 Å². The summed E-state index contributed by atoms with van der Waals surface area (Å²) in [6.45, 7) is 20.4. The summed E-state index contributed by atoms with van der Waals surface area (Å²) in [7, 11) is 0. The van der Waals surface area contributed by atoms with E-state index in [1.165, 1.54) is 0 Å². The van der Waals surface area contributed by atoms with Crippen LogP contribution in [0.2, 0.25) is 5.02 Å². The molecule has 0 aromatic heterocycles. The normalized spacial score (nSPS) is 30.0. The zero-order chi connectivity index (χ0) is 31.9. The smallest absolute Gasteiger partial charge is 0.253 e. The summed E-state index contributed by atoms with van der Waals surface area (Å²) < 4.78 is 6.96. The van der Waals surface area contributed by atoms with Crippen LogP contribution >= 0.6 is 11.6 Å². The van der Waals surface area contributed by atoms with E-state index in [2.05, 4.69) is 13.2 Å². The summed E-state index contributed by atoms with van der Waals surface area (Å²) in [5.74, 6) is -2.40. The van der Waals surface area contributed by atoms with Crippen molar-refractivity contribution in [2.24, 2.45) is 23.7 Å². The van der Waals surface area contributed by atoms with Crippen molar-refractivity contribution in [2.45, 2.75) is 84.1 Å². The van der Waals surface area contributed by atoms with Crippen molar-refractivity contribution in [3.05, 3.63) is 54.1 Å². The summed E-state index contributed by atoms with van der Waals surface area (Å²) in [6, 6.07) is 3.76. The van der Waals surface area contributed by atoms with Gasteiger partial charge in [-0.1, -0.05) is 63.6 Å². The number of hydrogen-bond donors (Lipinski definition) is 1. The number of aryl methyl sites for hydroxylation is 1. The lowest BCUT2D eigenvalue weighted by Crippen LogP contribution is -2.59. The van der Waals surface area contributed by atoms with E-state index in [4.69, 9.17) is 16.3 Å². The van der Waals surface area contributed by atoms with E-state index in [0.29, 0.717) is 36.6 Å². The molecule has 3 fully saturated rings. The second-order valence-corrected chi connectivity index (χ2v) is 13.5. The summed E-state index contributed by atoms with van der Waals surface area (Å²) in [5.41, 5.74) is -0.831. The van der Waals surface area contributed by atoms with E-state index in [9.17, 15) is 14.7 Å². The van der Waals surface area contributed by atoms with Crippen LogP contribution in [0.15, 0.2) is 43.5 Å². The van der Waals surface area contributed by atoms with Crippen LogP contribution in [0.4, 0.5) is 5.69 Å². The van der Waals surface area contributed by atoms with E-state index in [-0.39, 0.29) is 42.7 Å². The molecule has 1 aromatic rings. The molecule has 7 atom stereocenters. The van der Waals surface area contributed by atoms with Crippen LogP contribution in [0.3, 0.4) is 0 Å². The van der Waals surface area contributed by atoms with Gasteiger partial charge in [0, 0.05) is 19.6 Å². The number of anilines is 1. The summed E-state index contributed by atoms with van der Waals surface area (Å²) in [4.78, 5) is 49.0. The largest absolute Gasteiger partial charge is 0.394 e. The average Bonchev–Trinajstić information content (AvgIpc) is 3.46. The van der Waals surface area contributed by atoms with Crippen LogP contribution in [0.5, 0.6) is 0 Å². The zero-order valence-corrected chi connectivity index (χ0v) is 27.3. The first-order valence-corrected chi connectivity index (χ1v) is 15.9. The lowest BCUT2D eigenvalue weighted by molar-refractivity contribution is -0.154. The molecule has 236 valence electrons. The summed E-state index contributed by atoms with van der Waals surface area (Å²) in [6.07, 6.45) is 5.02. The Morgan fingerprint density at radius 3 is 2.47 bits per heavy atom. The van der Waals surface area contributed by atoms with E-state index in [1.54, 1.807) is 32.9 Å². The molecule has 3 saturated heterocycles. The van der Waals surface area contributed by atoms with Gasteiger partial charge in [-0.3, -0.25) is 14.4 Å². The minimum absolute atomic E-state index is 0.0967. The maximum absolute atomic E-state index is 15.0. The minimum Gasteiger partial charge on any atom is -0.394 e. The Bertz CT molecular complexity index is 1250. The Morgan fingerprint density at radius 1 is 1.23 bits per heavy atom. The van der Waals surface area contributed by atoms with Gasteiger partial charge in [0.05, 0.1) is 40.8 Å². The van der Waals surface area contributed by atoms with Crippen LogP contribution in [0.25, 0.3) is 0 Å². The summed E-state index contributed by atoms with van der Waals surface area (Å²) in [5, 5.41) is 11.1. The van der Waals surface area contributed by atoms with Crippen molar-refractivity contribution < 1.29 is 24.2 Å². The van der Waals surface area contributed by atoms with Crippen LogP contribution in [0.1, 0.15) is 59.4 Å². The number of carbonyl (C=O) groups excluding carboxylic acids is 3. The van der Waals surface area contributed by atoms with Crippen LogP contribution in [-0.4, -0.2) is 82.2 Å². The van der Waals surface area contributed by atoms with Gasteiger partial charge in [0.1, 0.15) is 11.6 Å². The number of hydrogen-bond acceptors (Lipinski definition) is 5. The highest BCUT2D eigenvalue weighted by molar-refractivity contribution is 6.34. The number of para-hydroxylation sites is 1. The van der Waals surface area contributed by atoms with Gasteiger partial charge in [0.25, 0.3) is 5.91 Å². The summed E-state index contributed by atoms with van der Waals surface area (Å²) >= 11 is 6.69. The van der Waals surface area contributed by atoms with E-state index in [0.717, 1.165) is 12.0 Å². The molecule has 9 heteroatoms. The van der Waals surface area contributed by atoms with Gasteiger partial charge in [0.2, 0.25) is 11.8 Å². The molecule has 3 unspecified atom stereocenters. The molecule has 1 aromatic carbocycles. The number of rotatable bonds is 13. The average molecular weight is 614 g/mol. The lowest BCUT2D eigenvalue weighted by atomic mass is 9.62. The molecule has 0 saturated carbocycles. The molecule has 3 aliphatic rings. The van der Waals surface area contributed by atoms with Crippen molar-refractivity contribution in [3.8, 4) is 0 Å². The molecular formula is C34H48ClN3O5. The second-order valence-electron chi connectivity index (χ2n) is 13.1. The zero-order valence-electron chi connectivity index (χ0n) is 26.5. The topological polar surface area (TPSA) is 90.4 Å². The molecule has 43 heavy (non-hydrogen) atoms. The molecule has 4 rings (SSSR count). The third kappa shape index (κ3) is 5.33. The number of amides is 3. The third-order valence-electron chi connectivity index (χ3n) is 9.79. The number of benzene rings is 1. The standard InChI is InChI=1S/C34H48ClN3O5/c1-9-15-36(16-10-2)30(40)26-27-31(41)38(24(20-39)18-21(4)5)29(34(27)19-23(7)33(26,8)43-34)32(42)37(17-11-3)28-22(6)13-12-14-25(28)35/h9,11-14,21,23-24,26-27,29,39H,1,3,10,15-20H2,2,4-8H3/t23?,24-,26-,27+,29?,33+,34?/m1/s1. The number of aliphatic hydroxyl groups excluding tert-OH is 1. The fourth-order valence-corrected chi connectivity index (χ4v) is 8.32. The second kappa shape index (κ2) is 12.7. The number of nitrogens with zero attached hydrogens (tertiary/aromatic N) is 3.